The number of methoxy groups -OCH3 is 1. The molecule has 0 aliphatic carbocycles. The van der Waals surface area contributed by atoms with Crippen LogP contribution in [0.5, 0.6) is 0 Å². The van der Waals surface area contributed by atoms with Crippen molar-refractivity contribution in [2.45, 2.75) is 142 Å². The Morgan fingerprint density at radius 2 is 1.75 bits per heavy atom. The van der Waals surface area contributed by atoms with Crippen LogP contribution in [0.25, 0.3) is 0 Å². The van der Waals surface area contributed by atoms with Crippen LogP contribution >= 0.6 is 0 Å². The van der Waals surface area contributed by atoms with Gasteiger partial charge >= 0.3 is 11.7 Å². The van der Waals surface area contributed by atoms with Gasteiger partial charge in [0, 0.05) is 56.9 Å². The molecular weight excluding hydrogens is 682 g/mol. The SMILES string of the molecule is CCCCN1C[C@H](C)C[C@@](C)(OC)[C@H](O[C@@H]2O[C@H](C)C[C@H](N(C)C)[C@H]2O)[C@@H](C)C(=O)C(C)(C)C(=O)OC[C@H]1CCCN1CCc2[nH]c(=O)[nH]c(=O)c2C1. The maximum absolute atomic E-state index is 14.4. The second-order valence-corrected chi connectivity index (χ2v) is 16.9. The molecule has 1 aromatic rings. The largest absolute Gasteiger partial charge is 0.463 e. The smallest absolute Gasteiger partial charge is 0.325 e. The van der Waals surface area contributed by atoms with Gasteiger partial charge in [0.1, 0.15) is 18.1 Å². The normalized spacial score (nSPS) is 33.8. The average Bonchev–Trinajstić information content (AvgIpc) is 3.10. The number of H-pyrrole nitrogens is 2. The first-order valence-electron chi connectivity index (χ1n) is 19.6. The quantitative estimate of drug-likeness (QED) is 0.224. The Labute approximate surface area is 315 Å². The van der Waals surface area contributed by atoms with Gasteiger partial charge in [0.05, 0.1) is 23.4 Å². The Hall–Kier alpha value is -2.46. The Bertz CT molecular complexity index is 1500. The third-order valence-corrected chi connectivity index (χ3v) is 11.8. The van der Waals surface area contributed by atoms with Crippen LogP contribution < -0.4 is 11.2 Å². The monoisotopic (exact) mass is 749 g/mol. The number of aliphatic hydroxyl groups is 1. The van der Waals surface area contributed by atoms with E-state index in [9.17, 15) is 24.3 Å². The van der Waals surface area contributed by atoms with Gasteiger partial charge in [-0.05, 0) is 92.9 Å². The van der Waals surface area contributed by atoms with Crippen molar-refractivity contribution in [3.05, 3.63) is 32.1 Å². The summed E-state index contributed by atoms with van der Waals surface area (Å²) in [5.74, 6) is -1.62. The zero-order valence-electron chi connectivity index (χ0n) is 33.9. The van der Waals surface area contributed by atoms with Crippen LogP contribution in [0.1, 0.15) is 98.2 Å². The first-order chi connectivity index (χ1) is 24.9. The number of Topliss-reactive ketones (excluding diaryl/α,β-unsaturated/α-hetero) is 1. The van der Waals surface area contributed by atoms with Crippen LogP contribution in [-0.4, -0.2) is 138 Å². The number of nitrogens with zero attached hydrogens (tertiary/aromatic N) is 3. The molecule has 0 radical (unpaired) electrons. The summed E-state index contributed by atoms with van der Waals surface area (Å²) in [6.07, 6.45) is 2.32. The lowest BCUT2D eigenvalue weighted by atomic mass is 9.74. The van der Waals surface area contributed by atoms with Gasteiger partial charge in [0.15, 0.2) is 12.1 Å². The summed E-state index contributed by atoms with van der Waals surface area (Å²) in [4.78, 5) is 64.3. The number of hydrogen-bond acceptors (Lipinski definition) is 12. The number of ketones is 1. The maximum atomic E-state index is 14.4. The highest BCUT2D eigenvalue weighted by Gasteiger charge is 2.51. The predicted molar refractivity (Wildman–Crippen MR) is 202 cm³/mol. The minimum Gasteiger partial charge on any atom is -0.463 e. The number of aromatic nitrogens is 2. The molecule has 3 aliphatic heterocycles. The first-order valence-corrected chi connectivity index (χ1v) is 19.6. The molecule has 0 saturated carbocycles. The fourth-order valence-corrected chi connectivity index (χ4v) is 8.63. The van der Waals surface area contributed by atoms with E-state index in [-0.39, 0.29) is 42.1 Å². The molecule has 2 saturated heterocycles. The van der Waals surface area contributed by atoms with Gasteiger partial charge in [-0.25, -0.2) is 4.79 Å². The molecule has 0 unspecified atom stereocenters. The highest BCUT2D eigenvalue weighted by molar-refractivity contribution is 6.04. The Morgan fingerprint density at radius 3 is 2.42 bits per heavy atom. The van der Waals surface area contributed by atoms with Crippen molar-refractivity contribution < 1.29 is 33.6 Å². The van der Waals surface area contributed by atoms with Gasteiger partial charge in [-0.15, -0.1) is 0 Å². The first kappa shape index (κ1) is 43.3. The lowest BCUT2D eigenvalue weighted by molar-refractivity contribution is -0.295. The molecule has 302 valence electrons. The van der Waals surface area contributed by atoms with E-state index in [4.69, 9.17) is 18.9 Å². The molecule has 53 heavy (non-hydrogen) atoms. The van der Waals surface area contributed by atoms with Gasteiger partial charge in [-0.2, -0.15) is 0 Å². The highest BCUT2D eigenvalue weighted by atomic mass is 16.7. The summed E-state index contributed by atoms with van der Waals surface area (Å²) >= 11 is 0. The van der Waals surface area contributed by atoms with Gasteiger partial charge in [-0.3, -0.25) is 29.2 Å². The minimum absolute atomic E-state index is 0.0926. The second-order valence-electron chi connectivity index (χ2n) is 16.9. The number of carbonyl (C=O) groups excluding carboxylic acids is 2. The number of carbonyl (C=O) groups is 2. The molecule has 0 aromatic carbocycles. The molecule has 4 heterocycles. The van der Waals surface area contributed by atoms with E-state index in [0.717, 1.165) is 45.3 Å². The molecule has 0 bridgehead atoms. The molecule has 3 aliphatic rings. The number of likely N-dealkylation sites (N-methyl/N-ethyl adjacent to an activating group) is 1. The Morgan fingerprint density at radius 1 is 1.04 bits per heavy atom. The molecule has 1 aromatic heterocycles. The summed E-state index contributed by atoms with van der Waals surface area (Å²) in [6, 6.07) is -0.295. The van der Waals surface area contributed by atoms with Crippen molar-refractivity contribution in [3.63, 3.8) is 0 Å². The lowest BCUT2D eigenvalue weighted by Gasteiger charge is -2.47. The van der Waals surface area contributed by atoms with Gasteiger partial charge in [0.2, 0.25) is 0 Å². The Kier molecular flexibility index (Phi) is 15.1. The fourth-order valence-electron chi connectivity index (χ4n) is 8.63. The van der Waals surface area contributed by atoms with Crippen LogP contribution in [0.4, 0.5) is 0 Å². The number of nitrogens with one attached hydrogen (secondary N) is 2. The molecule has 4 rings (SSSR count). The third-order valence-electron chi connectivity index (χ3n) is 11.8. The fraction of sp³-hybridized carbons (Fsp3) is 0.846. The van der Waals surface area contributed by atoms with Crippen molar-refractivity contribution in [1.82, 2.24) is 24.7 Å². The van der Waals surface area contributed by atoms with Gasteiger partial charge < -0.3 is 33.9 Å². The van der Waals surface area contributed by atoms with Crippen LogP contribution in [0.2, 0.25) is 0 Å². The van der Waals surface area contributed by atoms with E-state index < -0.39 is 47.1 Å². The number of aliphatic hydroxyl groups excluding tert-OH is 1. The zero-order valence-corrected chi connectivity index (χ0v) is 33.9. The number of esters is 1. The van der Waals surface area contributed by atoms with Crippen molar-refractivity contribution in [2.75, 3.05) is 54.0 Å². The maximum Gasteiger partial charge on any atom is 0.325 e. The number of unbranched alkanes of at least 4 members (excludes halogenated alkanes) is 1. The Balaban J connectivity index is 1.60. The van der Waals surface area contributed by atoms with Gasteiger partial charge in [-0.1, -0.05) is 27.2 Å². The summed E-state index contributed by atoms with van der Waals surface area (Å²) in [5.41, 5.74) is -1.96. The molecule has 2 fully saturated rings. The van der Waals surface area contributed by atoms with Crippen molar-refractivity contribution in [3.8, 4) is 0 Å². The van der Waals surface area contributed by atoms with E-state index >= 15 is 0 Å². The summed E-state index contributed by atoms with van der Waals surface area (Å²) in [5, 5.41) is 11.4. The predicted octanol–water partition coefficient (Wildman–Crippen LogP) is 2.70. The van der Waals surface area contributed by atoms with Crippen molar-refractivity contribution >= 4 is 11.8 Å². The van der Waals surface area contributed by atoms with Crippen LogP contribution in [0.15, 0.2) is 9.59 Å². The molecule has 0 amide bonds. The van der Waals surface area contributed by atoms with E-state index in [2.05, 4.69) is 33.6 Å². The van der Waals surface area contributed by atoms with Gasteiger partial charge in [0.25, 0.3) is 5.56 Å². The van der Waals surface area contributed by atoms with Crippen LogP contribution in [0.3, 0.4) is 0 Å². The number of hydrogen-bond donors (Lipinski definition) is 3. The second kappa shape index (κ2) is 18.4. The van der Waals surface area contributed by atoms with Crippen LogP contribution in [0, 0.1) is 17.3 Å². The van der Waals surface area contributed by atoms with Crippen molar-refractivity contribution in [2.24, 2.45) is 17.3 Å². The molecule has 3 N–H and O–H groups in total. The zero-order chi connectivity index (χ0) is 39.2. The summed E-state index contributed by atoms with van der Waals surface area (Å²) < 4.78 is 25.2. The molecule has 9 atom stereocenters. The number of aromatic amines is 2. The molecule has 14 nitrogen and oxygen atoms in total. The molecular formula is C39H67N5O9. The third kappa shape index (κ3) is 10.4. The number of rotatable bonds is 11. The lowest BCUT2D eigenvalue weighted by Crippen LogP contribution is -2.59. The number of fused-ring (bicyclic) bond motifs is 1. The number of cyclic esters (lactones) is 1. The average molecular weight is 750 g/mol. The van der Waals surface area contributed by atoms with E-state index in [1.165, 1.54) is 0 Å². The molecule has 0 spiro atoms. The minimum atomic E-state index is -1.48. The van der Waals surface area contributed by atoms with Crippen molar-refractivity contribution in [1.29, 1.82) is 0 Å². The summed E-state index contributed by atoms with van der Waals surface area (Å²) in [7, 11) is 5.46. The standard InChI is InChI=1S/C39H67N5O9/c1-11-12-17-44-21-24(2)20-39(7,50-10)33(53-35-31(45)30(42(8)9)19-25(3)52-35)26(4)32(46)38(5,6)36(48)51-23-27(44)14-13-16-43-18-15-29-28(22-43)34(47)41-37(49)40-29/h24-27,30-31,33,35,45H,11-23H2,1-10H3,(H2,40,41,47,49)/t24-,25-,26+,27-,30+,31-,33-,35+,39-/m1/s1. The topological polar surface area (TPSA) is 167 Å². The highest BCUT2D eigenvalue weighted by Crippen LogP contribution is 2.38. The molecule has 14 heteroatoms. The van der Waals surface area contributed by atoms with E-state index in [1.807, 2.05) is 32.8 Å². The van der Waals surface area contributed by atoms with Crippen LogP contribution in [-0.2, 0) is 41.5 Å². The number of ether oxygens (including phenoxy) is 4. The van der Waals surface area contributed by atoms with E-state index in [0.29, 0.717) is 43.6 Å². The van der Waals surface area contributed by atoms with E-state index in [1.54, 1.807) is 27.9 Å². The summed E-state index contributed by atoms with van der Waals surface area (Å²) in [6.45, 7) is 16.8.